The zero-order chi connectivity index (χ0) is 12.8. The minimum atomic E-state index is 0.628. The molecule has 4 heteroatoms. The minimum absolute atomic E-state index is 0.628. The van der Waals surface area contributed by atoms with E-state index in [-0.39, 0.29) is 0 Å². The third-order valence-electron chi connectivity index (χ3n) is 2.51. The number of nitrogens with one attached hydrogen (secondary N) is 1. The summed E-state index contributed by atoms with van der Waals surface area (Å²) in [7, 11) is 0. The first kappa shape index (κ1) is 12.5. The van der Waals surface area contributed by atoms with Crippen LogP contribution in [0.1, 0.15) is 18.1 Å². The fourth-order valence-corrected chi connectivity index (χ4v) is 1.61. The Morgan fingerprint density at radius 1 is 1.33 bits per heavy atom. The summed E-state index contributed by atoms with van der Waals surface area (Å²) >= 11 is 0. The van der Waals surface area contributed by atoms with Gasteiger partial charge in [0.2, 0.25) is 5.88 Å². The number of aromatic nitrogens is 2. The van der Waals surface area contributed by atoms with Crippen molar-refractivity contribution in [2.75, 3.05) is 6.54 Å². The molecule has 94 valence electrons. The molecule has 18 heavy (non-hydrogen) atoms. The smallest absolute Gasteiger partial charge is 0.222 e. The van der Waals surface area contributed by atoms with Crippen LogP contribution in [0, 0.1) is 6.92 Å². The van der Waals surface area contributed by atoms with E-state index < -0.39 is 0 Å². The molecule has 0 aromatic carbocycles. The van der Waals surface area contributed by atoms with Crippen LogP contribution in [0.5, 0.6) is 11.6 Å². The second-order valence-corrected chi connectivity index (χ2v) is 4.04. The van der Waals surface area contributed by atoms with Crippen LogP contribution in [0.3, 0.4) is 0 Å². The Morgan fingerprint density at radius 3 is 2.89 bits per heavy atom. The largest absolute Gasteiger partial charge is 0.437 e. The zero-order valence-electron chi connectivity index (χ0n) is 10.7. The molecule has 2 rings (SSSR count). The highest BCUT2D eigenvalue weighted by atomic mass is 16.5. The van der Waals surface area contributed by atoms with E-state index in [1.54, 1.807) is 12.4 Å². The van der Waals surface area contributed by atoms with Crippen molar-refractivity contribution in [2.45, 2.75) is 20.4 Å². The van der Waals surface area contributed by atoms with E-state index in [1.807, 2.05) is 25.3 Å². The Labute approximate surface area is 107 Å². The molecule has 2 heterocycles. The Bertz CT molecular complexity index is 500. The lowest BCUT2D eigenvalue weighted by Crippen LogP contribution is -2.12. The van der Waals surface area contributed by atoms with Gasteiger partial charge in [0.05, 0.1) is 6.20 Å². The van der Waals surface area contributed by atoms with Gasteiger partial charge in [-0.05, 0) is 37.2 Å². The normalized spacial score (nSPS) is 10.3. The summed E-state index contributed by atoms with van der Waals surface area (Å²) in [6.45, 7) is 5.86. The standard InChI is InChI=1S/C14H17N3O/c1-3-15-8-12-7-11(2)14(17-9-12)18-13-5-4-6-16-10-13/h4-7,9-10,15H,3,8H2,1-2H3. The SMILES string of the molecule is CCNCc1cnc(Oc2cccnc2)c(C)c1. The van der Waals surface area contributed by atoms with Gasteiger partial charge in [0, 0.05) is 24.5 Å². The maximum Gasteiger partial charge on any atom is 0.222 e. The number of hydrogen-bond donors (Lipinski definition) is 1. The van der Waals surface area contributed by atoms with Gasteiger partial charge in [-0.2, -0.15) is 0 Å². The summed E-state index contributed by atoms with van der Waals surface area (Å²) in [5.41, 5.74) is 2.18. The van der Waals surface area contributed by atoms with Crippen molar-refractivity contribution < 1.29 is 4.74 Å². The van der Waals surface area contributed by atoms with Gasteiger partial charge in [-0.15, -0.1) is 0 Å². The maximum atomic E-state index is 5.67. The summed E-state index contributed by atoms with van der Waals surface area (Å²) in [5.74, 6) is 1.33. The number of ether oxygens (including phenoxy) is 1. The minimum Gasteiger partial charge on any atom is -0.437 e. The first-order chi connectivity index (χ1) is 8.79. The molecule has 0 amide bonds. The van der Waals surface area contributed by atoms with Crippen molar-refractivity contribution in [3.05, 3.63) is 47.9 Å². The fourth-order valence-electron chi connectivity index (χ4n) is 1.61. The molecular weight excluding hydrogens is 226 g/mol. The molecule has 0 saturated heterocycles. The van der Waals surface area contributed by atoms with Crippen molar-refractivity contribution in [1.29, 1.82) is 0 Å². The van der Waals surface area contributed by atoms with Crippen molar-refractivity contribution in [2.24, 2.45) is 0 Å². The van der Waals surface area contributed by atoms with Gasteiger partial charge >= 0.3 is 0 Å². The highest BCUT2D eigenvalue weighted by Gasteiger charge is 2.04. The second-order valence-electron chi connectivity index (χ2n) is 4.04. The van der Waals surface area contributed by atoms with E-state index in [9.17, 15) is 0 Å². The average Bonchev–Trinajstić information content (AvgIpc) is 2.40. The molecule has 0 aliphatic carbocycles. The maximum absolute atomic E-state index is 5.67. The van der Waals surface area contributed by atoms with Crippen molar-refractivity contribution >= 4 is 0 Å². The van der Waals surface area contributed by atoms with Gasteiger partial charge in [-0.25, -0.2) is 4.98 Å². The quantitative estimate of drug-likeness (QED) is 0.877. The van der Waals surface area contributed by atoms with Crippen molar-refractivity contribution in [3.63, 3.8) is 0 Å². The van der Waals surface area contributed by atoms with E-state index in [1.165, 1.54) is 0 Å². The van der Waals surface area contributed by atoms with Crippen LogP contribution >= 0.6 is 0 Å². The number of hydrogen-bond acceptors (Lipinski definition) is 4. The lowest BCUT2D eigenvalue weighted by Gasteiger charge is -2.09. The Morgan fingerprint density at radius 2 is 2.22 bits per heavy atom. The summed E-state index contributed by atoms with van der Waals surface area (Å²) in [5, 5.41) is 3.27. The summed E-state index contributed by atoms with van der Waals surface area (Å²) in [6.07, 6.45) is 5.22. The van der Waals surface area contributed by atoms with Gasteiger partial charge in [-0.3, -0.25) is 4.98 Å². The van der Waals surface area contributed by atoms with Crippen LogP contribution in [0.2, 0.25) is 0 Å². The molecule has 2 aromatic rings. The molecular formula is C14H17N3O. The topological polar surface area (TPSA) is 47.0 Å². The van der Waals surface area contributed by atoms with Crippen LogP contribution in [0.25, 0.3) is 0 Å². The molecule has 0 unspecified atom stereocenters. The third-order valence-corrected chi connectivity index (χ3v) is 2.51. The fraction of sp³-hybridized carbons (Fsp3) is 0.286. The lowest BCUT2D eigenvalue weighted by atomic mass is 10.2. The zero-order valence-corrected chi connectivity index (χ0v) is 10.7. The molecule has 0 fully saturated rings. The number of rotatable bonds is 5. The molecule has 0 radical (unpaired) electrons. The molecule has 0 bridgehead atoms. The number of nitrogens with zero attached hydrogens (tertiary/aromatic N) is 2. The predicted octanol–water partition coefficient (Wildman–Crippen LogP) is 2.69. The van der Waals surface area contributed by atoms with Crippen molar-refractivity contribution in [3.8, 4) is 11.6 Å². The molecule has 1 N–H and O–H groups in total. The first-order valence-corrected chi connectivity index (χ1v) is 6.03. The Hall–Kier alpha value is -1.94. The Kier molecular flexibility index (Phi) is 4.25. The summed E-state index contributed by atoms with van der Waals surface area (Å²) < 4.78 is 5.67. The van der Waals surface area contributed by atoms with Gasteiger partial charge in [0.15, 0.2) is 0 Å². The van der Waals surface area contributed by atoms with E-state index >= 15 is 0 Å². The highest BCUT2D eigenvalue weighted by molar-refractivity contribution is 5.32. The van der Waals surface area contributed by atoms with Crippen molar-refractivity contribution in [1.82, 2.24) is 15.3 Å². The number of aryl methyl sites for hydroxylation is 1. The van der Waals surface area contributed by atoms with Crippen LogP contribution in [-0.2, 0) is 6.54 Å². The molecule has 2 aromatic heterocycles. The second kappa shape index (κ2) is 6.12. The van der Waals surface area contributed by atoms with Gasteiger partial charge in [-0.1, -0.05) is 6.92 Å². The van der Waals surface area contributed by atoms with Crippen LogP contribution in [0.4, 0.5) is 0 Å². The van der Waals surface area contributed by atoms with Crippen LogP contribution < -0.4 is 10.1 Å². The lowest BCUT2D eigenvalue weighted by molar-refractivity contribution is 0.456. The van der Waals surface area contributed by atoms with Gasteiger partial charge < -0.3 is 10.1 Å². The first-order valence-electron chi connectivity index (χ1n) is 6.03. The highest BCUT2D eigenvalue weighted by Crippen LogP contribution is 2.22. The molecule has 0 aliphatic heterocycles. The third kappa shape index (κ3) is 3.28. The van der Waals surface area contributed by atoms with E-state index in [2.05, 4.69) is 28.3 Å². The van der Waals surface area contributed by atoms with Crippen LogP contribution in [-0.4, -0.2) is 16.5 Å². The molecule has 0 atom stereocenters. The van der Waals surface area contributed by atoms with Gasteiger partial charge in [0.1, 0.15) is 5.75 Å². The average molecular weight is 243 g/mol. The van der Waals surface area contributed by atoms with Gasteiger partial charge in [0.25, 0.3) is 0 Å². The monoisotopic (exact) mass is 243 g/mol. The van der Waals surface area contributed by atoms with E-state index in [0.29, 0.717) is 11.6 Å². The van der Waals surface area contributed by atoms with E-state index in [4.69, 9.17) is 4.74 Å². The summed E-state index contributed by atoms with van der Waals surface area (Å²) in [4.78, 5) is 8.34. The number of pyridine rings is 2. The molecule has 0 spiro atoms. The van der Waals surface area contributed by atoms with E-state index in [0.717, 1.165) is 24.2 Å². The molecule has 4 nitrogen and oxygen atoms in total. The predicted molar refractivity (Wildman–Crippen MR) is 70.7 cm³/mol. The molecule has 0 aliphatic rings. The summed E-state index contributed by atoms with van der Waals surface area (Å²) in [6, 6.07) is 5.78. The van der Waals surface area contributed by atoms with Crippen LogP contribution in [0.15, 0.2) is 36.8 Å². The Balaban J connectivity index is 2.10. The molecule has 0 saturated carbocycles.